The second-order valence-corrected chi connectivity index (χ2v) is 5.64. The summed E-state index contributed by atoms with van der Waals surface area (Å²) < 4.78 is 5.48. The molecule has 0 radical (unpaired) electrons. The Bertz CT molecular complexity index is 365. The van der Waals surface area contributed by atoms with Crippen molar-refractivity contribution in [3.05, 3.63) is 29.3 Å². The topological polar surface area (TPSA) is 41.5 Å². The maximum Gasteiger partial charge on any atom is 0.119 e. The highest BCUT2D eigenvalue weighted by Gasteiger charge is 2.16. The van der Waals surface area contributed by atoms with Crippen molar-refractivity contribution in [2.75, 3.05) is 19.7 Å². The summed E-state index contributed by atoms with van der Waals surface area (Å²) >= 11 is 5.79. The van der Waals surface area contributed by atoms with Gasteiger partial charge in [0.2, 0.25) is 0 Å². The van der Waals surface area contributed by atoms with Crippen LogP contribution in [0.5, 0.6) is 5.75 Å². The van der Waals surface area contributed by atoms with Gasteiger partial charge in [0.25, 0.3) is 0 Å². The largest absolute Gasteiger partial charge is 0.491 e. The minimum atomic E-state index is -0.475. The number of benzene rings is 1. The fourth-order valence-electron chi connectivity index (χ4n) is 2.14. The Labute approximate surface area is 119 Å². The third-order valence-corrected chi connectivity index (χ3v) is 3.84. The molecule has 1 fully saturated rings. The zero-order valence-corrected chi connectivity index (χ0v) is 11.9. The lowest BCUT2D eigenvalue weighted by molar-refractivity contribution is 0.105. The summed E-state index contributed by atoms with van der Waals surface area (Å²) in [5.74, 6) is 1.65. The second kappa shape index (κ2) is 7.73. The van der Waals surface area contributed by atoms with E-state index >= 15 is 0 Å². The lowest BCUT2D eigenvalue weighted by atomic mass is 9.83. The molecule has 1 aromatic carbocycles. The minimum Gasteiger partial charge on any atom is -0.491 e. The molecule has 1 unspecified atom stereocenters. The van der Waals surface area contributed by atoms with E-state index in [9.17, 15) is 5.11 Å². The van der Waals surface area contributed by atoms with Crippen molar-refractivity contribution in [3.8, 4) is 5.75 Å². The van der Waals surface area contributed by atoms with Crippen LogP contribution < -0.4 is 10.1 Å². The van der Waals surface area contributed by atoms with E-state index in [-0.39, 0.29) is 0 Å². The summed E-state index contributed by atoms with van der Waals surface area (Å²) in [4.78, 5) is 0. The van der Waals surface area contributed by atoms with Gasteiger partial charge in [0.1, 0.15) is 18.5 Å². The predicted molar refractivity (Wildman–Crippen MR) is 77.8 cm³/mol. The van der Waals surface area contributed by atoms with Crippen LogP contribution in [-0.4, -0.2) is 30.9 Å². The summed E-state index contributed by atoms with van der Waals surface area (Å²) in [7, 11) is 0. The van der Waals surface area contributed by atoms with Crippen LogP contribution in [0.15, 0.2) is 24.3 Å². The van der Waals surface area contributed by atoms with E-state index in [0.717, 1.165) is 18.2 Å². The van der Waals surface area contributed by atoms with Gasteiger partial charge in [-0.2, -0.15) is 0 Å². The first-order valence-corrected chi connectivity index (χ1v) is 7.39. The summed E-state index contributed by atoms with van der Waals surface area (Å²) in [6.07, 6.45) is 4.90. The zero-order chi connectivity index (χ0) is 13.5. The molecule has 1 aliphatic rings. The Kier molecular flexibility index (Phi) is 5.95. The van der Waals surface area contributed by atoms with Gasteiger partial charge in [0, 0.05) is 11.6 Å². The van der Waals surface area contributed by atoms with Crippen molar-refractivity contribution < 1.29 is 9.84 Å². The van der Waals surface area contributed by atoms with Gasteiger partial charge < -0.3 is 15.2 Å². The molecular weight excluding hydrogens is 262 g/mol. The summed E-state index contributed by atoms with van der Waals surface area (Å²) in [5.41, 5.74) is 0. The first-order chi connectivity index (χ1) is 9.24. The SMILES string of the molecule is OC(CNCCC1CCC1)COc1ccc(Cl)cc1. The van der Waals surface area contributed by atoms with Crippen LogP contribution in [0.2, 0.25) is 5.02 Å². The lowest BCUT2D eigenvalue weighted by Crippen LogP contribution is -2.33. The van der Waals surface area contributed by atoms with Gasteiger partial charge in [-0.05, 0) is 43.1 Å². The standard InChI is InChI=1S/C15H22ClNO2/c16-13-4-6-15(7-5-13)19-11-14(18)10-17-9-8-12-2-1-3-12/h4-7,12,14,17-18H,1-3,8-11H2. The van der Waals surface area contributed by atoms with Crippen LogP contribution in [0.25, 0.3) is 0 Å². The number of hydrogen-bond donors (Lipinski definition) is 2. The number of halogens is 1. The molecule has 3 nitrogen and oxygen atoms in total. The number of aliphatic hydroxyl groups excluding tert-OH is 1. The molecule has 19 heavy (non-hydrogen) atoms. The molecule has 1 aliphatic carbocycles. The molecule has 106 valence electrons. The fourth-order valence-corrected chi connectivity index (χ4v) is 2.26. The molecule has 0 amide bonds. The second-order valence-electron chi connectivity index (χ2n) is 5.21. The average molecular weight is 284 g/mol. The van der Waals surface area contributed by atoms with Crippen LogP contribution >= 0.6 is 11.6 Å². The number of rotatable bonds is 8. The number of aliphatic hydroxyl groups is 1. The molecule has 2 rings (SSSR count). The van der Waals surface area contributed by atoms with Gasteiger partial charge in [-0.3, -0.25) is 0 Å². The van der Waals surface area contributed by atoms with Crippen molar-refractivity contribution >= 4 is 11.6 Å². The molecule has 0 spiro atoms. The first kappa shape index (κ1) is 14.6. The Hall–Kier alpha value is -0.770. The maximum atomic E-state index is 9.79. The van der Waals surface area contributed by atoms with E-state index in [0.29, 0.717) is 18.2 Å². The number of ether oxygens (including phenoxy) is 1. The number of hydrogen-bond acceptors (Lipinski definition) is 3. The molecule has 1 saturated carbocycles. The van der Waals surface area contributed by atoms with Crippen LogP contribution in [0.3, 0.4) is 0 Å². The third-order valence-electron chi connectivity index (χ3n) is 3.59. The van der Waals surface area contributed by atoms with Crippen molar-refractivity contribution in [3.63, 3.8) is 0 Å². The zero-order valence-electron chi connectivity index (χ0n) is 11.1. The van der Waals surface area contributed by atoms with Gasteiger partial charge >= 0.3 is 0 Å². The molecule has 0 aromatic heterocycles. The molecule has 1 aromatic rings. The average Bonchev–Trinajstić information content (AvgIpc) is 2.36. The van der Waals surface area contributed by atoms with Crippen molar-refractivity contribution in [2.45, 2.75) is 31.8 Å². The van der Waals surface area contributed by atoms with Gasteiger partial charge in [0.05, 0.1) is 0 Å². The van der Waals surface area contributed by atoms with Crippen LogP contribution in [-0.2, 0) is 0 Å². The monoisotopic (exact) mass is 283 g/mol. The summed E-state index contributed by atoms with van der Waals surface area (Å²) in [6.45, 7) is 1.88. The highest BCUT2D eigenvalue weighted by Crippen LogP contribution is 2.28. The van der Waals surface area contributed by atoms with Crippen molar-refractivity contribution in [1.82, 2.24) is 5.32 Å². The van der Waals surface area contributed by atoms with Gasteiger partial charge in [-0.1, -0.05) is 30.9 Å². The van der Waals surface area contributed by atoms with Gasteiger partial charge in [0.15, 0.2) is 0 Å². The molecular formula is C15H22ClNO2. The van der Waals surface area contributed by atoms with Crippen molar-refractivity contribution in [2.24, 2.45) is 5.92 Å². The molecule has 0 heterocycles. The molecule has 2 N–H and O–H groups in total. The molecule has 0 aliphatic heterocycles. The lowest BCUT2D eigenvalue weighted by Gasteiger charge is -2.25. The highest BCUT2D eigenvalue weighted by atomic mass is 35.5. The maximum absolute atomic E-state index is 9.79. The summed E-state index contributed by atoms with van der Waals surface area (Å²) in [5, 5.41) is 13.8. The van der Waals surface area contributed by atoms with E-state index < -0.39 is 6.10 Å². The Morgan fingerprint density at radius 3 is 2.68 bits per heavy atom. The predicted octanol–water partition coefficient (Wildman–Crippen LogP) is 2.86. The van der Waals surface area contributed by atoms with Crippen molar-refractivity contribution in [1.29, 1.82) is 0 Å². The molecule has 0 saturated heterocycles. The van der Waals surface area contributed by atoms with E-state index in [1.807, 2.05) is 0 Å². The van der Waals surface area contributed by atoms with E-state index in [4.69, 9.17) is 16.3 Å². The summed E-state index contributed by atoms with van der Waals surface area (Å²) in [6, 6.07) is 7.17. The Morgan fingerprint density at radius 1 is 1.32 bits per heavy atom. The Balaban J connectivity index is 1.53. The molecule has 4 heteroatoms. The van der Waals surface area contributed by atoms with Crippen LogP contribution in [0.1, 0.15) is 25.7 Å². The van der Waals surface area contributed by atoms with Gasteiger partial charge in [-0.15, -0.1) is 0 Å². The normalized spacial score (nSPS) is 16.9. The quantitative estimate of drug-likeness (QED) is 0.721. The minimum absolute atomic E-state index is 0.304. The third kappa shape index (κ3) is 5.39. The van der Waals surface area contributed by atoms with Gasteiger partial charge in [-0.25, -0.2) is 0 Å². The fraction of sp³-hybridized carbons (Fsp3) is 0.600. The Morgan fingerprint density at radius 2 is 2.05 bits per heavy atom. The molecule has 0 bridgehead atoms. The van der Waals surface area contributed by atoms with Crippen LogP contribution in [0, 0.1) is 5.92 Å². The van der Waals surface area contributed by atoms with E-state index in [1.54, 1.807) is 24.3 Å². The molecule has 1 atom stereocenters. The highest BCUT2D eigenvalue weighted by molar-refractivity contribution is 6.30. The van der Waals surface area contributed by atoms with E-state index in [2.05, 4.69) is 5.32 Å². The van der Waals surface area contributed by atoms with E-state index in [1.165, 1.54) is 25.7 Å². The van der Waals surface area contributed by atoms with Crippen LogP contribution in [0.4, 0.5) is 0 Å². The smallest absolute Gasteiger partial charge is 0.119 e. The number of nitrogens with one attached hydrogen (secondary N) is 1. The first-order valence-electron chi connectivity index (χ1n) is 7.01.